The Bertz CT molecular complexity index is 451. The van der Waals surface area contributed by atoms with E-state index in [1.807, 2.05) is 12.1 Å². The number of amides is 1. The molecule has 0 unspecified atom stereocenters. The van der Waals surface area contributed by atoms with E-state index in [-0.39, 0.29) is 5.91 Å². The molecular weight excluding hydrogens is 274 g/mol. The summed E-state index contributed by atoms with van der Waals surface area (Å²) in [6, 6.07) is 7.30. The van der Waals surface area contributed by atoms with Gasteiger partial charge in [-0.1, -0.05) is 36.6 Å². The lowest BCUT2D eigenvalue weighted by Gasteiger charge is -2.17. The Labute approximate surface area is 124 Å². The molecule has 1 aromatic carbocycles. The van der Waals surface area contributed by atoms with E-state index in [0.29, 0.717) is 11.6 Å². The molecule has 1 aliphatic heterocycles. The second-order valence-corrected chi connectivity index (χ2v) is 5.47. The van der Waals surface area contributed by atoms with Gasteiger partial charge in [0.2, 0.25) is 0 Å². The quantitative estimate of drug-likeness (QED) is 0.685. The van der Waals surface area contributed by atoms with E-state index in [1.165, 1.54) is 25.7 Å². The third-order valence-corrected chi connectivity index (χ3v) is 3.59. The highest BCUT2D eigenvalue weighted by molar-refractivity contribution is 6.30. The maximum atomic E-state index is 11.8. The van der Waals surface area contributed by atoms with Crippen LogP contribution in [0.15, 0.2) is 29.4 Å². The molecule has 0 aromatic heterocycles. The second kappa shape index (κ2) is 8.02. The summed E-state index contributed by atoms with van der Waals surface area (Å²) >= 11 is 5.80. The van der Waals surface area contributed by atoms with Gasteiger partial charge < -0.3 is 0 Å². The third kappa shape index (κ3) is 5.31. The zero-order valence-corrected chi connectivity index (χ0v) is 12.3. The van der Waals surface area contributed by atoms with Gasteiger partial charge in [0.05, 0.1) is 12.8 Å². The first-order valence-corrected chi connectivity index (χ1v) is 7.42. The van der Waals surface area contributed by atoms with Crippen molar-refractivity contribution in [3.05, 3.63) is 34.9 Å². The van der Waals surface area contributed by atoms with Gasteiger partial charge in [0.25, 0.3) is 5.91 Å². The van der Waals surface area contributed by atoms with Crippen molar-refractivity contribution in [2.24, 2.45) is 5.10 Å². The van der Waals surface area contributed by atoms with Crippen molar-refractivity contribution < 1.29 is 4.79 Å². The number of likely N-dealkylation sites (tertiary alicyclic amines) is 1. The summed E-state index contributed by atoms with van der Waals surface area (Å²) in [4.78, 5) is 14.0. The van der Waals surface area contributed by atoms with E-state index < -0.39 is 0 Å². The summed E-state index contributed by atoms with van der Waals surface area (Å²) in [5.41, 5.74) is 3.48. The zero-order valence-electron chi connectivity index (χ0n) is 11.5. The van der Waals surface area contributed by atoms with Gasteiger partial charge in [0, 0.05) is 5.02 Å². The summed E-state index contributed by atoms with van der Waals surface area (Å²) in [6.45, 7) is 2.45. The lowest BCUT2D eigenvalue weighted by Crippen LogP contribution is -2.35. The molecule has 1 N–H and O–H groups in total. The monoisotopic (exact) mass is 293 g/mol. The van der Waals surface area contributed by atoms with Crippen LogP contribution in [0.1, 0.15) is 31.2 Å². The van der Waals surface area contributed by atoms with Crippen LogP contribution in [0.3, 0.4) is 0 Å². The van der Waals surface area contributed by atoms with E-state index >= 15 is 0 Å². The summed E-state index contributed by atoms with van der Waals surface area (Å²) in [5, 5.41) is 4.65. The van der Waals surface area contributed by atoms with Gasteiger partial charge in [0.15, 0.2) is 0 Å². The van der Waals surface area contributed by atoms with Crippen molar-refractivity contribution in [2.45, 2.75) is 25.7 Å². The van der Waals surface area contributed by atoms with Crippen molar-refractivity contribution in [2.75, 3.05) is 19.6 Å². The van der Waals surface area contributed by atoms with Crippen LogP contribution < -0.4 is 5.43 Å². The van der Waals surface area contributed by atoms with Crippen LogP contribution >= 0.6 is 11.6 Å². The van der Waals surface area contributed by atoms with Gasteiger partial charge in [-0.05, 0) is 43.6 Å². The summed E-state index contributed by atoms with van der Waals surface area (Å²) in [7, 11) is 0. The number of nitrogens with one attached hydrogen (secondary N) is 1. The first-order chi connectivity index (χ1) is 9.74. The van der Waals surface area contributed by atoms with Gasteiger partial charge in [-0.15, -0.1) is 0 Å². The molecule has 1 fully saturated rings. The van der Waals surface area contributed by atoms with Crippen LogP contribution in [0, 0.1) is 0 Å². The Kier molecular flexibility index (Phi) is 6.02. The minimum Gasteiger partial charge on any atom is -0.294 e. The number of carbonyl (C=O) groups excluding carboxylic acids is 1. The van der Waals surface area contributed by atoms with Crippen molar-refractivity contribution in [1.82, 2.24) is 10.3 Å². The van der Waals surface area contributed by atoms with Crippen LogP contribution in [-0.2, 0) is 4.79 Å². The highest BCUT2D eigenvalue weighted by atomic mass is 35.5. The molecule has 0 atom stereocenters. The van der Waals surface area contributed by atoms with Crippen molar-refractivity contribution in [3.63, 3.8) is 0 Å². The summed E-state index contributed by atoms with van der Waals surface area (Å²) in [6.07, 6.45) is 6.53. The van der Waals surface area contributed by atoms with Gasteiger partial charge in [-0.25, -0.2) is 5.43 Å². The molecule has 1 aliphatic rings. The zero-order chi connectivity index (χ0) is 14.2. The Hall–Kier alpha value is -1.39. The molecule has 20 heavy (non-hydrogen) atoms. The molecule has 4 nitrogen and oxygen atoms in total. The van der Waals surface area contributed by atoms with Crippen molar-refractivity contribution in [3.8, 4) is 0 Å². The normalized spacial score (nSPS) is 17.1. The molecular formula is C15H20ClN3O. The molecule has 0 bridgehead atoms. The molecule has 2 rings (SSSR count). The standard InChI is InChI=1S/C15H20ClN3O/c16-14-7-5-13(6-8-14)11-17-18-15(20)12-19-9-3-1-2-4-10-19/h5-8,11H,1-4,9-10,12H2,(H,18,20). The average Bonchev–Trinajstić information content (AvgIpc) is 2.70. The molecule has 0 saturated carbocycles. The first kappa shape index (κ1) is 15.0. The molecule has 0 aliphatic carbocycles. The van der Waals surface area contributed by atoms with E-state index in [9.17, 15) is 4.79 Å². The van der Waals surface area contributed by atoms with Crippen molar-refractivity contribution in [1.29, 1.82) is 0 Å². The highest BCUT2D eigenvalue weighted by Gasteiger charge is 2.12. The van der Waals surface area contributed by atoms with Gasteiger partial charge >= 0.3 is 0 Å². The number of rotatable bonds is 4. The number of nitrogens with zero attached hydrogens (tertiary/aromatic N) is 2. The van der Waals surface area contributed by atoms with Crippen molar-refractivity contribution >= 4 is 23.7 Å². The predicted octanol–water partition coefficient (Wildman–Crippen LogP) is 2.67. The van der Waals surface area contributed by atoms with Crippen LogP contribution in [0.5, 0.6) is 0 Å². The topological polar surface area (TPSA) is 44.7 Å². The fourth-order valence-electron chi connectivity index (χ4n) is 2.26. The molecule has 1 saturated heterocycles. The molecule has 1 amide bonds. The van der Waals surface area contributed by atoms with Gasteiger partial charge in [-0.2, -0.15) is 5.10 Å². The Balaban J connectivity index is 1.75. The number of hydrazone groups is 1. The van der Waals surface area contributed by atoms with Crippen LogP contribution in [0.4, 0.5) is 0 Å². The molecule has 0 radical (unpaired) electrons. The smallest absolute Gasteiger partial charge is 0.254 e. The lowest BCUT2D eigenvalue weighted by molar-refractivity contribution is -0.122. The minimum absolute atomic E-state index is 0.0582. The van der Waals surface area contributed by atoms with Gasteiger partial charge in [0.1, 0.15) is 0 Å². The van der Waals surface area contributed by atoms with Crippen LogP contribution in [-0.4, -0.2) is 36.7 Å². The maximum absolute atomic E-state index is 11.8. The highest BCUT2D eigenvalue weighted by Crippen LogP contribution is 2.09. The lowest BCUT2D eigenvalue weighted by atomic mass is 10.2. The number of carbonyl (C=O) groups is 1. The fraction of sp³-hybridized carbons (Fsp3) is 0.467. The van der Waals surface area contributed by atoms with Crippen LogP contribution in [0.2, 0.25) is 5.02 Å². The van der Waals surface area contributed by atoms with E-state index in [4.69, 9.17) is 11.6 Å². The molecule has 1 aromatic rings. The van der Waals surface area contributed by atoms with Gasteiger partial charge in [-0.3, -0.25) is 9.69 Å². The minimum atomic E-state index is -0.0582. The molecule has 108 valence electrons. The average molecular weight is 294 g/mol. The maximum Gasteiger partial charge on any atom is 0.254 e. The molecule has 1 heterocycles. The van der Waals surface area contributed by atoms with E-state index in [2.05, 4.69) is 15.4 Å². The molecule has 5 heteroatoms. The number of hydrogen-bond acceptors (Lipinski definition) is 3. The third-order valence-electron chi connectivity index (χ3n) is 3.34. The number of benzene rings is 1. The Morgan fingerprint density at radius 1 is 1.20 bits per heavy atom. The largest absolute Gasteiger partial charge is 0.294 e. The molecule has 0 spiro atoms. The van der Waals surface area contributed by atoms with E-state index in [0.717, 1.165) is 18.7 Å². The van der Waals surface area contributed by atoms with Crippen LogP contribution in [0.25, 0.3) is 0 Å². The Morgan fingerprint density at radius 2 is 1.85 bits per heavy atom. The first-order valence-electron chi connectivity index (χ1n) is 7.04. The van der Waals surface area contributed by atoms with E-state index in [1.54, 1.807) is 18.3 Å². The number of halogens is 1. The summed E-state index contributed by atoms with van der Waals surface area (Å²) < 4.78 is 0. The second-order valence-electron chi connectivity index (χ2n) is 5.04. The predicted molar refractivity (Wildman–Crippen MR) is 82.1 cm³/mol. The Morgan fingerprint density at radius 3 is 2.50 bits per heavy atom. The SMILES string of the molecule is O=C(CN1CCCCCC1)NN=Cc1ccc(Cl)cc1. The number of hydrogen-bond donors (Lipinski definition) is 1. The fourth-order valence-corrected chi connectivity index (χ4v) is 2.39. The summed E-state index contributed by atoms with van der Waals surface area (Å²) in [5.74, 6) is -0.0582.